The first-order chi connectivity index (χ1) is 10.2. The van der Waals surface area contributed by atoms with Gasteiger partial charge in [0, 0.05) is 5.56 Å². The molecule has 0 heterocycles. The molecule has 0 radical (unpaired) electrons. The molecule has 0 bridgehead atoms. The lowest BCUT2D eigenvalue weighted by Gasteiger charge is -2.08. The van der Waals surface area contributed by atoms with Gasteiger partial charge in [-0.25, -0.2) is 0 Å². The lowest BCUT2D eigenvalue weighted by molar-refractivity contribution is 0.298. The van der Waals surface area contributed by atoms with Gasteiger partial charge in [0.15, 0.2) is 0 Å². The van der Waals surface area contributed by atoms with Gasteiger partial charge in [-0.2, -0.15) is 0 Å². The predicted octanol–water partition coefficient (Wildman–Crippen LogP) is 4.00. The van der Waals surface area contributed by atoms with Crippen molar-refractivity contribution in [2.45, 2.75) is 26.7 Å². The molecule has 1 N–H and O–H groups in total. The minimum absolute atomic E-state index is 0.110. The molecule has 0 saturated carbocycles. The fourth-order valence-electron chi connectivity index (χ4n) is 2.21. The molecule has 110 valence electrons. The molecular weight excluding hydrogens is 260 g/mol. The van der Waals surface area contributed by atoms with Gasteiger partial charge < -0.3 is 9.84 Å². The van der Waals surface area contributed by atoms with Crippen molar-refractivity contribution in [3.8, 4) is 17.6 Å². The van der Waals surface area contributed by atoms with Crippen molar-refractivity contribution in [1.29, 1.82) is 0 Å². The van der Waals surface area contributed by atoms with Gasteiger partial charge in [-0.3, -0.25) is 0 Å². The summed E-state index contributed by atoms with van der Waals surface area (Å²) in [5.74, 6) is 7.23. The van der Waals surface area contributed by atoms with E-state index in [4.69, 9.17) is 9.84 Å². The summed E-state index contributed by atoms with van der Waals surface area (Å²) in [6.07, 6.45) is 2.28. The van der Waals surface area contributed by atoms with Gasteiger partial charge in [0.1, 0.15) is 12.4 Å². The lowest BCUT2D eigenvalue weighted by Crippen LogP contribution is -1.99. The SMILES string of the molecule is CC(C)CCCOc1ccc2cc(C#CCO)ccc2c1. The van der Waals surface area contributed by atoms with Crippen molar-refractivity contribution in [2.24, 2.45) is 5.92 Å². The number of aliphatic hydroxyl groups is 1. The average molecular weight is 282 g/mol. The molecule has 2 rings (SSSR count). The second-order valence-corrected chi connectivity index (χ2v) is 5.57. The van der Waals surface area contributed by atoms with E-state index in [0.29, 0.717) is 0 Å². The fraction of sp³-hybridized carbons (Fsp3) is 0.368. The molecule has 0 spiro atoms. The molecule has 0 aromatic heterocycles. The van der Waals surface area contributed by atoms with Crippen LogP contribution >= 0.6 is 0 Å². The number of rotatable bonds is 5. The minimum Gasteiger partial charge on any atom is -0.494 e. The van der Waals surface area contributed by atoms with Crippen LogP contribution in [0.25, 0.3) is 10.8 Å². The highest BCUT2D eigenvalue weighted by molar-refractivity contribution is 5.85. The Bertz CT molecular complexity index is 647. The zero-order valence-corrected chi connectivity index (χ0v) is 12.7. The quantitative estimate of drug-likeness (QED) is 0.663. The first-order valence-corrected chi connectivity index (χ1v) is 7.45. The standard InChI is InChI=1S/C19H22O2/c1-15(2)5-4-12-21-19-10-9-17-13-16(6-3-11-20)7-8-18(17)14-19/h7-10,13-15,20H,4-5,11-12H2,1-2H3. The minimum atomic E-state index is -0.110. The zero-order valence-electron chi connectivity index (χ0n) is 12.7. The molecule has 2 heteroatoms. The van der Waals surface area contributed by atoms with E-state index in [0.717, 1.165) is 41.0 Å². The van der Waals surface area contributed by atoms with Crippen molar-refractivity contribution in [3.05, 3.63) is 42.0 Å². The summed E-state index contributed by atoms with van der Waals surface area (Å²) in [6.45, 7) is 5.12. The van der Waals surface area contributed by atoms with Crippen LogP contribution in [0.1, 0.15) is 32.3 Å². The third-order valence-corrected chi connectivity index (χ3v) is 3.32. The van der Waals surface area contributed by atoms with Crippen LogP contribution < -0.4 is 4.74 Å². The third-order valence-electron chi connectivity index (χ3n) is 3.32. The van der Waals surface area contributed by atoms with E-state index in [1.165, 1.54) is 6.42 Å². The van der Waals surface area contributed by atoms with Crippen molar-refractivity contribution < 1.29 is 9.84 Å². The van der Waals surface area contributed by atoms with Crippen molar-refractivity contribution in [1.82, 2.24) is 0 Å². The Balaban J connectivity index is 2.04. The Morgan fingerprint density at radius 1 is 1.10 bits per heavy atom. The number of hydrogen-bond donors (Lipinski definition) is 1. The van der Waals surface area contributed by atoms with Crippen molar-refractivity contribution >= 4 is 10.8 Å². The highest BCUT2D eigenvalue weighted by Gasteiger charge is 2.00. The molecular formula is C19H22O2. The second kappa shape index (κ2) is 7.71. The number of benzene rings is 2. The molecule has 2 aromatic carbocycles. The summed E-state index contributed by atoms with van der Waals surface area (Å²) < 4.78 is 5.80. The molecule has 21 heavy (non-hydrogen) atoms. The molecule has 2 nitrogen and oxygen atoms in total. The molecule has 2 aromatic rings. The van der Waals surface area contributed by atoms with E-state index in [2.05, 4.69) is 37.8 Å². The Kier molecular flexibility index (Phi) is 5.66. The van der Waals surface area contributed by atoms with Gasteiger partial charge in [-0.05, 0) is 53.8 Å². The number of fused-ring (bicyclic) bond motifs is 1. The Morgan fingerprint density at radius 3 is 2.62 bits per heavy atom. The molecule has 0 unspecified atom stereocenters. The van der Waals surface area contributed by atoms with Crippen LogP contribution in [0.15, 0.2) is 36.4 Å². The maximum absolute atomic E-state index is 8.72. The van der Waals surface area contributed by atoms with Crippen molar-refractivity contribution in [2.75, 3.05) is 13.2 Å². The van der Waals surface area contributed by atoms with E-state index < -0.39 is 0 Å². The summed E-state index contributed by atoms with van der Waals surface area (Å²) >= 11 is 0. The largest absolute Gasteiger partial charge is 0.494 e. The molecule has 0 aliphatic heterocycles. The van der Waals surface area contributed by atoms with E-state index in [1.54, 1.807) is 0 Å². The van der Waals surface area contributed by atoms with Crippen molar-refractivity contribution in [3.63, 3.8) is 0 Å². The topological polar surface area (TPSA) is 29.5 Å². The molecule has 0 aliphatic carbocycles. The van der Waals surface area contributed by atoms with E-state index in [9.17, 15) is 0 Å². The molecule has 0 saturated heterocycles. The molecule has 0 atom stereocenters. The number of ether oxygens (including phenoxy) is 1. The van der Waals surface area contributed by atoms with Gasteiger partial charge in [0.05, 0.1) is 6.61 Å². The Labute approximate surface area is 126 Å². The monoisotopic (exact) mass is 282 g/mol. The normalized spacial score (nSPS) is 10.5. The zero-order chi connectivity index (χ0) is 15.1. The van der Waals surface area contributed by atoms with Crippen LogP contribution in [-0.2, 0) is 0 Å². The number of aliphatic hydroxyl groups excluding tert-OH is 1. The summed E-state index contributed by atoms with van der Waals surface area (Å²) in [7, 11) is 0. The second-order valence-electron chi connectivity index (χ2n) is 5.57. The predicted molar refractivity (Wildman–Crippen MR) is 87.5 cm³/mol. The van der Waals surface area contributed by atoms with Crippen LogP contribution in [0.3, 0.4) is 0 Å². The van der Waals surface area contributed by atoms with Crippen LogP contribution in [0.5, 0.6) is 5.75 Å². The van der Waals surface area contributed by atoms with Gasteiger partial charge >= 0.3 is 0 Å². The van der Waals surface area contributed by atoms with Gasteiger partial charge in [-0.15, -0.1) is 0 Å². The first-order valence-electron chi connectivity index (χ1n) is 7.45. The van der Waals surface area contributed by atoms with Gasteiger partial charge in [0.25, 0.3) is 0 Å². The third kappa shape index (κ3) is 4.81. The maximum atomic E-state index is 8.72. The first kappa shape index (κ1) is 15.4. The lowest BCUT2D eigenvalue weighted by atomic mass is 10.1. The van der Waals surface area contributed by atoms with E-state index in [1.807, 2.05) is 24.3 Å². The summed E-state index contributed by atoms with van der Waals surface area (Å²) in [4.78, 5) is 0. The van der Waals surface area contributed by atoms with Crippen LogP contribution in [0, 0.1) is 17.8 Å². The molecule has 0 amide bonds. The smallest absolute Gasteiger partial charge is 0.119 e. The Morgan fingerprint density at radius 2 is 1.86 bits per heavy atom. The highest BCUT2D eigenvalue weighted by atomic mass is 16.5. The fourth-order valence-corrected chi connectivity index (χ4v) is 2.21. The van der Waals surface area contributed by atoms with E-state index >= 15 is 0 Å². The number of hydrogen-bond acceptors (Lipinski definition) is 2. The molecule has 0 fully saturated rings. The van der Waals surface area contributed by atoms with Crippen LogP contribution in [-0.4, -0.2) is 18.3 Å². The summed E-state index contributed by atoms with van der Waals surface area (Å²) in [6, 6.07) is 12.2. The average Bonchev–Trinajstić information content (AvgIpc) is 2.49. The maximum Gasteiger partial charge on any atom is 0.119 e. The van der Waals surface area contributed by atoms with Crippen LogP contribution in [0.2, 0.25) is 0 Å². The van der Waals surface area contributed by atoms with E-state index in [-0.39, 0.29) is 6.61 Å². The Hall–Kier alpha value is -1.98. The summed E-state index contributed by atoms with van der Waals surface area (Å²) in [5.41, 5.74) is 0.919. The van der Waals surface area contributed by atoms with Gasteiger partial charge in [-0.1, -0.05) is 37.8 Å². The highest BCUT2D eigenvalue weighted by Crippen LogP contribution is 2.22. The van der Waals surface area contributed by atoms with Crippen LogP contribution in [0.4, 0.5) is 0 Å². The van der Waals surface area contributed by atoms with Gasteiger partial charge in [0.2, 0.25) is 0 Å². The molecule has 0 aliphatic rings. The summed E-state index contributed by atoms with van der Waals surface area (Å²) in [5, 5.41) is 11.0.